The molecule has 0 bridgehead atoms. The Morgan fingerprint density at radius 3 is 2.52 bits per heavy atom. The lowest BCUT2D eigenvalue weighted by Crippen LogP contribution is -2.11. The van der Waals surface area contributed by atoms with Crippen molar-refractivity contribution in [3.8, 4) is 0 Å². The fourth-order valence-electron chi connectivity index (χ4n) is 1.98. The van der Waals surface area contributed by atoms with E-state index in [1.54, 1.807) is 18.2 Å². The van der Waals surface area contributed by atoms with Gasteiger partial charge in [0.15, 0.2) is 0 Å². The van der Waals surface area contributed by atoms with Gasteiger partial charge in [0.25, 0.3) is 5.56 Å². The van der Waals surface area contributed by atoms with Crippen molar-refractivity contribution in [2.24, 2.45) is 0 Å². The van der Waals surface area contributed by atoms with Crippen LogP contribution < -0.4 is 16.6 Å². The summed E-state index contributed by atoms with van der Waals surface area (Å²) in [6, 6.07) is 7.63. The Balaban J connectivity index is 2.06. The zero-order chi connectivity index (χ0) is 15.0. The molecule has 0 spiro atoms. The van der Waals surface area contributed by atoms with E-state index in [9.17, 15) is 13.6 Å². The first-order chi connectivity index (χ1) is 10.0. The summed E-state index contributed by atoms with van der Waals surface area (Å²) in [4.78, 5) is 18.6. The number of fused-ring (bicyclic) bond motifs is 1. The van der Waals surface area contributed by atoms with E-state index in [4.69, 9.17) is 5.73 Å². The van der Waals surface area contributed by atoms with Gasteiger partial charge in [0, 0.05) is 17.4 Å². The number of aromatic nitrogens is 2. The number of hydrogen-bond acceptors (Lipinski definition) is 4. The van der Waals surface area contributed by atoms with Gasteiger partial charge in [-0.15, -0.1) is 0 Å². The Hall–Kier alpha value is -2.96. The minimum absolute atomic E-state index is 0.0723. The number of aromatic amines is 1. The van der Waals surface area contributed by atoms with E-state index in [0.29, 0.717) is 16.6 Å². The number of nitrogens with one attached hydrogen (secondary N) is 2. The maximum Gasteiger partial charge on any atom is 0.260 e. The Labute approximate surface area is 117 Å². The normalized spacial score (nSPS) is 10.8. The molecule has 0 fully saturated rings. The molecule has 0 aliphatic rings. The van der Waals surface area contributed by atoms with Gasteiger partial charge in [0.05, 0.1) is 10.9 Å². The highest BCUT2D eigenvalue weighted by Gasteiger charge is 2.06. The summed E-state index contributed by atoms with van der Waals surface area (Å²) in [6.45, 7) is 0. The van der Waals surface area contributed by atoms with Crippen LogP contribution in [0.4, 0.5) is 26.1 Å². The van der Waals surface area contributed by atoms with Gasteiger partial charge in [-0.2, -0.15) is 0 Å². The van der Waals surface area contributed by atoms with Crippen molar-refractivity contribution in [1.82, 2.24) is 9.97 Å². The molecule has 0 aliphatic heterocycles. The van der Waals surface area contributed by atoms with Crippen molar-refractivity contribution < 1.29 is 8.78 Å². The van der Waals surface area contributed by atoms with E-state index >= 15 is 0 Å². The number of nitrogens with zero attached hydrogens (tertiary/aromatic N) is 1. The quantitative estimate of drug-likeness (QED) is 0.633. The molecule has 0 aliphatic carbocycles. The summed E-state index contributed by atoms with van der Waals surface area (Å²) in [5.41, 5.74) is 6.26. The van der Waals surface area contributed by atoms with E-state index in [2.05, 4.69) is 15.3 Å². The number of benzene rings is 2. The smallest absolute Gasteiger partial charge is 0.260 e. The second-order valence-electron chi connectivity index (χ2n) is 4.47. The third-order valence-corrected chi connectivity index (χ3v) is 2.86. The monoisotopic (exact) mass is 288 g/mol. The second kappa shape index (κ2) is 4.86. The number of H-pyrrole nitrogens is 1. The van der Waals surface area contributed by atoms with Gasteiger partial charge >= 0.3 is 0 Å². The molecular weight excluding hydrogens is 278 g/mol. The Morgan fingerprint density at radius 2 is 1.81 bits per heavy atom. The van der Waals surface area contributed by atoms with Crippen LogP contribution in [0, 0.1) is 11.6 Å². The molecule has 1 heterocycles. The molecule has 3 rings (SSSR count). The second-order valence-corrected chi connectivity index (χ2v) is 4.47. The average molecular weight is 288 g/mol. The van der Waals surface area contributed by atoms with E-state index < -0.39 is 11.6 Å². The summed E-state index contributed by atoms with van der Waals surface area (Å²) < 4.78 is 26.3. The molecule has 21 heavy (non-hydrogen) atoms. The van der Waals surface area contributed by atoms with Crippen LogP contribution in [-0.4, -0.2) is 9.97 Å². The van der Waals surface area contributed by atoms with E-state index in [-0.39, 0.29) is 17.2 Å². The van der Waals surface area contributed by atoms with Gasteiger partial charge in [-0.05, 0) is 30.3 Å². The lowest BCUT2D eigenvalue weighted by Gasteiger charge is -2.07. The maximum absolute atomic E-state index is 13.1. The van der Waals surface area contributed by atoms with Crippen molar-refractivity contribution in [3.63, 3.8) is 0 Å². The van der Waals surface area contributed by atoms with Crippen LogP contribution in [0.25, 0.3) is 10.9 Å². The summed E-state index contributed by atoms with van der Waals surface area (Å²) in [6.07, 6.45) is 0. The third kappa shape index (κ3) is 2.66. The molecule has 0 radical (unpaired) electrons. The maximum atomic E-state index is 13.1. The van der Waals surface area contributed by atoms with Gasteiger partial charge in [0.2, 0.25) is 5.95 Å². The van der Waals surface area contributed by atoms with Crippen LogP contribution in [0.3, 0.4) is 0 Å². The van der Waals surface area contributed by atoms with Gasteiger partial charge in [-0.3, -0.25) is 9.78 Å². The first-order valence-electron chi connectivity index (χ1n) is 6.04. The molecule has 0 amide bonds. The molecule has 106 valence electrons. The molecule has 0 unspecified atom stereocenters. The molecule has 0 saturated heterocycles. The van der Waals surface area contributed by atoms with E-state index in [0.717, 1.165) is 18.2 Å². The SMILES string of the molecule is Nc1ccc2c(=O)[nH]c(Nc3cc(F)cc(F)c3)nc2c1. The number of halogens is 2. The molecule has 0 atom stereocenters. The van der Waals surface area contributed by atoms with Crippen LogP contribution in [0.2, 0.25) is 0 Å². The molecule has 0 saturated carbocycles. The minimum Gasteiger partial charge on any atom is -0.399 e. The van der Waals surface area contributed by atoms with Crippen molar-refractivity contribution in [2.75, 3.05) is 11.1 Å². The van der Waals surface area contributed by atoms with Crippen LogP contribution in [0.15, 0.2) is 41.2 Å². The van der Waals surface area contributed by atoms with Crippen LogP contribution >= 0.6 is 0 Å². The molecular formula is C14H10F2N4O. The number of nitrogen functional groups attached to an aromatic ring is 1. The zero-order valence-corrected chi connectivity index (χ0v) is 10.7. The lowest BCUT2D eigenvalue weighted by atomic mass is 10.2. The highest BCUT2D eigenvalue weighted by molar-refractivity contribution is 5.82. The first kappa shape index (κ1) is 13.0. The standard InChI is InChI=1S/C14H10F2N4O/c15-7-3-8(16)5-10(4-7)18-14-19-12-6-9(17)1-2-11(12)13(21)20-14/h1-6H,17H2,(H2,18,19,20,21). The Kier molecular flexibility index (Phi) is 3.02. The van der Waals surface area contributed by atoms with Crippen molar-refractivity contribution in [3.05, 3.63) is 58.4 Å². The number of nitrogens with two attached hydrogens (primary N) is 1. The Morgan fingerprint density at radius 1 is 1.10 bits per heavy atom. The summed E-state index contributed by atoms with van der Waals surface area (Å²) in [7, 11) is 0. The predicted octanol–water partition coefficient (Wildman–Crippen LogP) is 2.53. The molecule has 4 N–H and O–H groups in total. The third-order valence-electron chi connectivity index (χ3n) is 2.86. The van der Waals surface area contributed by atoms with Crippen LogP contribution in [-0.2, 0) is 0 Å². The van der Waals surface area contributed by atoms with Crippen LogP contribution in [0.1, 0.15) is 0 Å². The van der Waals surface area contributed by atoms with Crippen molar-refractivity contribution in [1.29, 1.82) is 0 Å². The average Bonchev–Trinajstić information content (AvgIpc) is 2.36. The van der Waals surface area contributed by atoms with E-state index in [1.807, 2.05) is 0 Å². The van der Waals surface area contributed by atoms with Gasteiger partial charge < -0.3 is 11.1 Å². The van der Waals surface area contributed by atoms with Crippen molar-refractivity contribution in [2.45, 2.75) is 0 Å². The Bertz CT molecular complexity index is 872. The van der Waals surface area contributed by atoms with E-state index in [1.165, 1.54) is 0 Å². The zero-order valence-electron chi connectivity index (χ0n) is 10.7. The highest BCUT2D eigenvalue weighted by atomic mass is 19.1. The summed E-state index contributed by atoms with van der Waals surface area (Å²) in [5, 5.41) is 3.03. The molecule has 2 aromatic carbocycles. The van der Waals surface area contributed by atoms with Crippen molar-refractivity contribution >= 4 is 28.2 Å². The molecule has 5 nitrogen and oxygen atoms in total. The lowest BCUT2D eigenvalue weighted by molar-refractivity contribution is 0.584. The van der Waals surface area contributed by atoms with Gasteiger partial charge in [-0.1, -0.05) is 0 Å². The minimum atomic E-state index is -0.732. The number of hydrogen-bond donors (Lipinski definition) is 3. The predicted molar refractivity (Wildman–Crippen MR) is 76.4 cm³/mol. The molecule has 3 aromatic rings. The largest absolute Gasteiger partial charge is 0.399 e. The summed E-state index contributed by atoms with van der Waals surface area (Å²) >= 11 is 0. The number of rotatable bonds is 2. The first-order valence-corrected chi connectivity index (χ1v) is 6.04. The number of anilines is 3. The molecule has 1 aromatic heterocycles. The van der Waals surface area contributed by atoms with Gasteiger partial charge in [-0.25, -0.2) is 13.8 Å². The van der Waals surface area contributed by atoms with Gasteiger partial charge in [0.1, 0.15) is 11.6 Å². The fourth-order valence-corrected chi connectivity index (χ4v) is 1.98. The molecule has 7 heteroatoms. The summed E-state index contributed by atoms with van der Waals surface area (Å²) in [5.74, 6) is -1.39. The van der Waals surface area contributed by atoms with Crippen LogP contribution in [0.5, 0.6) is 0 Å². The fraction of sp³-hybridized carbons (Fsp3) is 0. The highest BCUT2D eigenvalue weighted by Crippen LogP contribution is 2.18. The topological polar surface area (TPSA) is 83.8 Å².